The fourth-order valence-corrected chi connectivity index (χ4v) is 2.76. The lowest BCUT2D eigenvalue weighted by atomic mass is 10.2. The zero-order valence-corrected chi connectivity index (χ0v) is 9.12. The number of carbonyl (C=O) groups is 1. The van der Waals surface area contributed by atoms with Crippen molar-refractivity contribution in [2.24, 2.45) is 0 Å². The zero-order valence-electron chi connectivity index (χ0n) is 8.30. The van der Waals surface area contributed by atoms with E-state index >= 15 is 0 Å². The third-order valence-electron chi connectivity index (χ3n) is 2.09. The molecule has 13 heavy (non-hydrogen) atoms. The molecule has 1 rings (SSSR count). The van der Waals surface area contributed by atoms with E-state index < -0.39 is 0 Å². The quantitative estimate of drug-likeness (QED) is 0.716. The molecule has 3 nitrogen and oxygen atoms in total. The number of thioether (sulfide) groups is 1. The molecule has 1 saturated heterocycles. The molecule has 2 unspecified atom stereocenters. The highest BCUT2D eigenvalue weighted by molar-refractivity contribution is 7.99. The standard InChI is InChI=1S/C9H18N2OS/c1-3-10-8(12)6-9-11-7(2)4-5-13-9/h7,9,11H,3-6H2,1-2H3,(H,10,12). The van der Waals surface area contributed by atoms with E-state index in [2.05, 4.69) is 17.6 Å². The van der Waals surface area contributed by atoms with E-state index in [-0.39, 0.29) is 5.91 Å². The minimum atomic E-state index is 0.154. The summed E-state index contributed by atoms with van der Waals surface area (Å²) in [5.74, 6) is 1.32. The first-order valence-electron chi connectivity index (χ1n) is 4.86. The normalized spacial score (nSPS) is 28.5. The maximum atomic E-state index is 11.3. The molecule has 0 spiro atoms. The lowest BCUT2D eigenvalue weighted by molar-refractivity contribution is -0.121. The van der Waals surface area contributed by atoms with Crippen LogP contribution in [-0.2, 0) is 4.79 Å². The molecule has 1 amide bonds. The van der Waals surface area contributed by atoms with E-state index in [1.165, 1.54) is 6.42 Å². The lowest BCUT2D eigenvalue weighted by Gasteiger charge is -2.27. The van der Waals surface area contributed by atoms with Crippen LogP contribution < -0.4 is 10.6 Å². The first kappa shape index (κ1) is 10.9. The van der Waals surface area contributed by atoms with Crippen LogP contribution >= 0.6 is 11.8 Å². The van der Waals surface area contributed by atoms with Crippen molar-refractivity contribution in [3.05, 3.63) is 0 Å². The Labute approximate surface area is 84.0 Å². The van der Waals surface area contributed by atoms with Crippen LogP contribution in [0.3, 0.4) is 0 Å². The van der Waals surface area contributed by atoms with E-state index in [1.807, 2.05) is 18.7 Å². The molecular formula is C9H18N2OS. The monoisotopic (exact) mass is 202 g/mol. The van der Waals surface area contributed by atoms with Crippen molar-refractivity contribution < 1.29 is 4.79 Å². The van der Waals surface area contributed by atoms with E-state index in [4.69, 9.17) is 0 Å². The summed E-state index contributed by atoms with van der Waals surface area (Å²) in [6, 6.07) is 0.556. The number of amides is 1. The molecule has 1 heterocycles. The first-order valence-corrected chi connectivity index (χ1v) is 5.91. The Morgan fingerprint density at radius 1 is 1.69 bits per heavy atom. The molecule has 1 aliphatic heterocycles. The summed E-state index contributed by atoms with van der Waals surface area (Å²) in [5.41, 5.74) is 0. The molecule has 2 atom stereocenters. The highest BCUT2D eigenvalue weighted by Gasteiger charge is 2.20. The largest absolute Gasteiger partial charge is 0.356 e. The third kappa shape index (κ3) is 4.00. The number of rotatable bonds is 3. The van der Waals surface area contributed by atoms with Gasteiger partial charge in [0.15, 0.2) is 0 Å². The number of carbonyl (C=O) groups excluding carboxylic acids is 1. The average molecular weight is 202 g/mol. The molecule has 1 aliphatic rings. The maximum Gasteiger partial charge on any atom is 0.222 e. The van der Waals surface area contributed by atoms with Gasteiger partial charge in [-0.25, -0.2) is 0 Å². The van der Waals surface area contributed by atoms with Gasteiger partial charge < -0.3 is 10.6 Å². The fraction of sp³-hybridized carbons (Fsp3) is 0.889. The molecule has 0 radical (unpaired) electrons. The summed E-state index contributed by atoms with van der Waals surface area (Å²) in [7, 11) is 0. The number of nitrogens with one attached hydrogen (secondary N) is 2. The molecule has 4 heteroatoms. The Morgan fingerprint density at radius 2 is 2.46 bits per heavy atom. The molecule has 0 aliphatic carbocycles. The van der Waals surface area contributed by atoms with E-state index in [1.54, 1.807) is 0 Å². The van der Waals surface area contributed by atoms with Gasteiger partial charge in [-0.1, -0.05) is 0 Å². The minimum absolute atomic E-state index is 0.154. The predicted molar refractivity (Wildman–Crippen MR) is 56.8 cm³/mol. The van der Waals surface area contributed by atoms with E-state index in [0.717, 1.165) is 12.3 Å². The summed E-state index contributed by atoms with van der Waals surface area (Å²) in [5, 5.41) is 6.54. The van der Waals surface area contributed by atoms with Crippen molar-refractivity contribution in [3.63, 3.8) is 0 Å². The second-order valence-corrected chi connectivity index (χ2v) is 4.68. The Morgan fingerprint density at radius 3 is 3.08 bits per heavy atom. The van der Waals surface area contributed by atoms with Crippen molar-refractivity contribution in [2.75, 3.05) is 12.3 Å². The minimum Gasteiger partial charge on any atom is -0.356 e. The Bertz CT molecular complexity index is 175. The number of hydrogen-bond donors (Lipinski definition) is 2. The second kappa shape index (κ2) is 5.50. The Balaban J connectivity index is 2.23. The smallest absolute Gasteiger partial charge is 0.222 e. The second-order valence-electron chi connectivity index (χ2n) is 3.37. The van der Waals surface area contributed by atoms with Crippen LogP contribution in [-0.4, -0.2) is 29.6 Å². The predicted octanol–water partition coefficient (Wildman–Crippen LogP) is 0.954. The van der Waals surface area contributed by atoms with Gasteiger partial charge in [0.25, 0.3) is 0 Å². The molecule has 76 valence electrons. The Hall–Kier alpha value is -0.220. The van der Waals surface area contributed by atoms with Gasteiger partial charge in [0.2, 0.25) is 5.91 Å². The van der Waals surface area contributed by atoms with E-state index in [0.29, 0.717) is 17.8 Å². The van der Waals surface area contributed by atoms with Crippen molar-refractivity contribution in [1.82, 2.24) is 10.6 Å². The van der Waals surface area contributed by atoms with Crippen LogP contribution in [0.4, 0.5) is 0 Å². The van der Waals surface area contributed by atoms with Crippen LogP contribution in [0, 0.1) is 0 Å². The topological polar surface area (TPSA) is 41.1 Å². The van der Waals surface area contributed by atoms with Crippen LogP contribution in [0.2, 0.25) is 0 Å². The summed E-state index contributed by atoms with van der Waals surface area (Å²) in [6.07, 6.45) is 1.80. The summed E-state index contributed by atoms with van der Waals surface area (Å²) in [4.78, 5) is 11.3. The molecule has 0 aromatic carbocycles. The SMILES string of the molecule is CCNC(=O)CC1NC(C)CCS1. The van der Waals surface area contributed by atoms with Gasteiger partial charge in [-0.3, -0.25) is 4.79 Å². The van der Waals surface area contributed by atoms with E-state index in [9.17, 15) is 4.79 Å². The van der Waals surface area contributed by atoms with Gasteiger partial charge in [-0.05, 0) is 26.0 Å². The van der Waals surface area contributed by atoms with Crippen molar-refractivity contribution in [2.45, 2.75) is 38.1 Å². The molecule has 1 fully saturated rings. The van der Waals surface area contributed by atoms with Gasteiger partial charge in [0, 0.05) is 12.6 Å². The molecule has 0 aromatic heterocycles. The summed E-state index contributed by atoms with van der Waals surface area (Å²) in [6.45, 7) is 4.85. The highest BCUT2D eigenvalue weighted by atomic mass is 32.2. The lowest BCUT2D eigenvalue weighted by Crippen LogP contribution is -2.42. The van der Waals surface area contributed by atoms with Crippen LogP contribution in [0.5, 0.6) is 0 Å². The summed E-state index contributed by atoms with van der Waals surface area (Å²) >= 11 is 1.85. The van der Waals surface area contributed by atoms with Gasteiger partial charge in [0.05, 0.1) is 11.8 Å². The fourth-order valence-electron chi connectivity index (χ4n) is 1.39. The summed E-state index contributed by atoms with van der Waals surface area (Å²) < 4.78 is 0. The van der Waals surface area contributed by atoms with Crippen molar-refractivity contribution >= 4 is 17.7 Å². The molecular weight excluding hydrogens is 184 g/mol. The van der Waals surface area contributed by atoms with Crippen LogP contribution in [0.25, 0.3) is 0 Å². The van der Waals surface area contributed by atoms with Crippen molar-refractivity contribution in [3.8, 4) is 0 Å². The maximum absolute atomic E-state index is 11.3. The van der Waals surface area contributed by atoms with Gasteiger partial charge >= 0.3 is 0 Å². The van der Waals surface area contributed by atoms with Gasteiger partial charge in [-0.2, -0.15) is 0 Å². The van der Waals surface area contributed by atoms with Crippen LogP contribution in [0.15, 0.2) is 0 Å². The highest BCUT2D eigenvalue weighted by Crippen LogP contribution is 2.20. The third-order valence-corrected chi connectivity index (χ3v) is 3.26. The Kier molecular flexibility index (Phi) is 4.59. The average Bonchev–Trinajstić information content (AvgIpc) is 2.04. The zero-order chi connectivity index (χ0) is 9.68. The molecule has 0 aromatic rings. The first-order chi connectivity index (χ1) is 6.22. The molecule has 0 bridgehead atoms. The van der Waals surface area contributed by atoms with Crippen molar-refractivity contribution in [1.29, 1.82) is 0 Å². The van der Waals surface area contributed by atoms with Gasteiger partial charge in [0.1, 0.15) is 0 Å². The number of hydrogen-bond acceptors (Lipinski definition) is 3. The van der Waals surface area contributed by atoms with Crippen LogP contribution in [0.1, 0.15) is 26.7 Å². The molecule has 0 saturated carbocycles. The molecule has 2 N–H and O–H groups in total. The van der Waals surface area contributed by atoms with Gasteiger partial charge in [-0.15, -0.1) is 11.8 Å².